The molecule has 3 aromatic heterocycles. The molecule has 0 aliphatic heterocycles. The van der Waals surface area contributed by atoms with Crippen LogP contribution in [0.2, 0.25) is 0 Å². The van der Waals surface area contributed by atoms with Gasteiger partial charge in [-0.3, -0.25) is 9.12 Å². The molecule has 0 bridgehead atoms. The van der Waals surface area contributed by atoms with Gasteiger partial charge < -0.3 is 11.1 Å². The van der Waals surface area contributed by atoms with Crippen LogP contribution in [0.5, 0.6) is 0 Å². The molecule has 3 heterocycles. The van der Waals surface area contributed by atoms with E-state index in [-0.39, 0.29) is 5.69 Å². The maximum absolute atomic E-state index is 13.7. The lowest BCUT2D eigenvalue weighted by molar-refractivity contribution is 0.632. The molecular formula is C24H21BrFN7S2. The Morgan fingerprint density at radius 1 is 1.09 bits per heavy atom. The van der Waals surface area contributed by atoms with E-state index in [1.165, 1.54) is 17.4 Å². The Labute approximate surface area is 218 Å². The van der Waals surface area contributed by atoms with E-state index in [1.54, 1.807) is 30.3 Å². The van der Waals surface area contributed by atoms with E-state index in [0.29, 0.717) is 11.6 Å². The summed E-state index contributed by atoms with van der Waals surface area (Å²) in [7, 11) is 0. The molecule has 2 aromatic carbocycles. The van der Waals surface area contributed by atoms with Gasteiger partial charge in [0.05, 0.1) is 17.1 Å². The Kier molecular flexibility index (Phi) is 7.28. The van der Waals surface area contributed by atoms with Gasteiger partial charge in [-0.2, -0.15) is 0 Å². The number of fused-ring (bicyclic) bond motifs is 1. The summed E-state index contributed by atoms with van der Waals surface area (Å²) in [5.41, 5.74) is 8.86. The van der Waals surface area contributed by atoms with Gasteiger partial charge in [-0.1, -0.05) is 15.9 Å². The monoisotopic (exact) mass is 569 g/mol. The molecule has 0 atom stereocenters. The van der Waals surface area contributed by atoms with Crippen LogP contribution in [-0.2, 0) is 0 Å². The number of nitrogen functional groups attached to an aromatic ring is 1. The van der Waals surface area contributed by atoms with Crippen LogP contribution in [0.4, 0.5) is 16.0 Å². The second-order valence-electron chi connectivity index (χ2n) is 7.60. The van der Waals surface area contributed by atoms with Gasteiger partial charge in [0, 0.05) is 45.8 Å². The van der Waals surface area contributed by atoms with Crippen molar-refractivity contribution in [2.45, 2.75) is 11.3 Å². The Bertz CT molecular complexity index is 1450. The standard InChI is InChI=1S/C24H21BrFN7S2/c25-16-3-5-17(6-4-16)35-30-10-1-9-28-23-29-11-8-20(31-23)22-21(32-24-33(22)12-13-34-24)15-2-7-18(26)19(27)14-15/h2-8,11-14,30H,1,9-10,27H2,(H,28,29,31). The third-order valence-corrected chi connectivity index (χ3v) is 7.31. The predicted octanol–water partition coefficient (Wildman–Crippen LogP) is 6.10. The van der Waals surface area contributed by atoms with Crippen molar-refractivity contribution in [1.82, 2.24) is 24.1 Å². The van der Waals surface area contributed by atoms with Gasteiger partial charge in [0.2, 0.25) is 5.95 Å². The Hall–Kier alpha value is -2.99. The minimum absolute atomic E-state index is 0.0850. The lowest BCUT2D eigenvalue weighted by Crippen LogP contribution is -2.12. The van der Waals surface area contributed by atoms with Gasteiger partial charge >= 0.3 is 0 Å². The highest BCUT2D eigenvalue weighted by atomic mass is 79.9. The number of anilines is 2. The van der Waals surface area contributed by atoms with Crippen molar-refractivity contribution in [2.24, 2.45) is 0 Å². The number of rotatable bonds is 9. The second-order valence-corrected chi connectivity index (χ2v) is 10.3. The number of hydrogen-bond acceptors (Lipinski definition) is 8. The number of aromatic nitrogens is 4. The number of benzene rings is 2. The number of hydrogen-bond donors (Lipinski definition) is 3. The van der Waals surface area contributed by atoms with Crippen molar-refractivity contribution in [2.75, 3.05) is 24.1 Å². The molecular weight excluding hydrogens is 549 g/mol. The van der Waals surface area contributed by atoms with E-state index in [2.05, 4.69) is 43.1 Å². The van der Waals surface area contributed by atoms with E-state index in [9.17, 15) is 4.39 Å². The lowest BCUT2D eigenvalue weighted by atomic mass is 10.1. The number of imidazole rings is 1. The summed E-state index contributed by atoms with van der Waals surface area (Å²) in [6.07, 6.45) is 4.57. The largest absolute Gasteiger partial charge is 0.396 e. The van der Waals surface area contributed by atoms with Crippen molar-refractivity contribution in [3.8, 4) is 22.6 Å². The maximum Gasteiger partial charge on any atom is 0.223 e. The van der Waals surface area contributed by atoms with E-state index < -0.39 is 5.82 Å². The molecule has 5 aromatic rings. The van der Waals surface area contributed by atoms with Gasteiger partial charge in [-0.25, -0.2) is 19.3 Å². The zero-order valence-corrected chi connectivity index (χ0v) is 21.6. The molecule has 0 aliphatic carbocycles. The third-order valence-electron chi connectivity index (χ3n) is 5.17. The van der Waals surface area contributed by atoms with Crippen LogP contribution in [0.1, 0.15) is 6.42 Å². The zero-order valence-electron chi connectivity index (χ0n) is 18.4. The Balaban J connectivity index is 1.27. The summed E-state index contributed by atoms with van der Waals surface area (Å²) < 4.78 is 20.2. The van der Waals surface area contributed by atoms with Crippen molar-refractivity contribution < 1.29 is 4.39 Å². The zero-order chi connectivity index (χ0) is 24.2. The van der Waals surface area contributed by atoms with Crippen LogP contribution in [0.3, 0.4) is 0 Å². The molecule has 0 saturated carbocycles. The van der Waals surface area contributed by atoms with Gasteiger partial charge in [0.1, 0.15) is 11.5 Å². The van der Waals surface area contributed by atoms with E-state index >= 15 is 0 Å². The first-order chi connectivity index (χ1) is 17.1. The molecule has 7 nitrogen and oxygen atoms in total. The quantitative estimate of drug-likeness (QED) is 0.112. The SMILES string of the molecule is Nc1cc(-c2nc3sccn3c2-c2ccnc(NCCCNSc3ccc(Br)cc3)n2)ccc1F. The van der Waals surface area contributed by atoms with Crippen LogP contribution in [0.25, 0.3) is 27.6 Å². The summed E-state index contributed by atoms with van der Waals surface area (Å²) in [5, 5.41) is 5.26. The van der Waals surface area contributed by atoms with Gasteiger partial charge in [0.25, 0.3) is 0 Å². The normalized spacial score (nSPS) is 11.3. The molecule has 5 rings (SSSR count). The number of nitrogens with two attached hydrogens (primary N) is 1. The number of nitrogens with one attached hydrogen (secondary N) is 2. The molecule has 11 heteroatoms. The van der Waals surface area contributed by atoms with Crippen molar-refractivity contribution in [3.63, 3.8) is 0 Å². The average molecular weight is 571 g/mol. The molecule has 4 N–H and O–H groups in total. The first-order valence-electron chi connectivity index (χ1n) is 10.8. The first-order valence-corrected chi connectivity index (χ1v) is 13.3. The molecule has 0 radical (unpaired) electrons. The summed E-state index contributed by atoms with van der Waals surface area (Å²) in [6, 6.07) is 14.7. The van der Waals surface area contributed by atoms with Crippen LogP contribution in [-0.4, -0.2) is 32.4 Å². The molecule has 0 unspecified atom stereocenters. The fraction of sp³-hybridized carbons (Fsp3) is 0.125. The van der Waals surface area contributed by atoms with Gasteiger partial charge in [-0.05, 0) is 66.9 Å². The summed E-state index contributed by atoms with van der Waals surface area (Å²) in [6.45, 7) is 1.56. The van der Waals surface area contributed by atoms with Gasteiger partial charge in [-0.15, -0.1) is 11.3 Å². The van der Waals surface area contributed by atoms with Crippen molar-refractivity contribution >= 4 is 55.8 Å². The smallest absolute Gasteiger partial charge is 0.223 e. The highest BCUT2D eigenvalue weighted by Crippen LogP contribution is 2.34. The number of nitrogens with zero attached hydrogens (tertiary/aromatic N) is 4. The minimum atomic E-state index is -0.449. The Morgan fingerprint density at radius 3 is 2.77 bits per heavy atom. The number of halogens is 2. The van der Waals surface area contributed by atoms with Crippen LogP contribution in [0.15, 0.2) is 75.7 Å². The maximum atomic E-state index is 13.7. The van der Waals surface area contributed by atoms with Crippen molar-refractivity contribution in [3.05, 3.63) is 76.6 Å². The fourth-order valence-corrected chi connectivity index (χ4v) is 5.16. The lowest BCUT2D eigenvalue weighted by Gasteiger charge is -2.09. The van der Waals surface area contributed by atoms with Crippen molar-refractivity contribution in [1.29, 1.82) is 0 Å². The summed E-state index contributed by atoms with van der Waals surface area (Å²) in [4.78, 5) is 15.8. The summed E-state index contributed by atoms with van der Waals surface area (Å²) in [5.74, 6) is 0.0902. The Morgan fingerprint density at radius 2 is 1.94 bits per heavy atom. The topological polar surface area (TPSA) is 93.2 Å². The van der Waals surface area contributed by atoms with Crippen LogP contribution in [0, 0.1) is 5.82 Å². The molecule has 35 heavy (non-hydrogen) atoms. The third kappa shape index (κ3) is 5.48. The molecule has 0 saturated heterocycles. The predicted molar refractivity (Wildman–Crippen MR) is 145 cm³/mol. The molecule has 0 spiro atoms. The van der Waals surface area contributed by atoms with E-state index in [4.69, 9.17) is 15.7 Å². The first kappa shape index (κ1) is 23.7. The molecule has 0 amide bonds. The average Bonchev–Trinajstić information content (AvgIpc) is 3.46. The molecule has 0 fully saturated rings. The van der Waals surface area contributed by atoms with Gasteiger partial charge in [0.15, 0.2) is 4.96 Å². The second kappa shape index (κ2) is 10.7. The highest BCUT2D eigenvalue weighted by molar-refractivity contribution is 9.10. The minimum Gasteiger partial charge on any atom is -0.396 e. The van der Waals surface area contributed by atoms with Crippen LogP contribution >= 0.6 is 39.2 Å². The van der Waals surface area contributed by atoms with Crippen LogP contribution < -0.4 is 15.8 Å². The van der Waals surface area contributed by atoms with E-state index in [0.717, 1.165) is 50.8 Å². The van der Waals surface area contributed by atoms with E-state index in [1.807, 2.05) is 34.2 Å². The number of thiazole rings is 1. The molecule has 178 valence electrons. The summed E-state index contributed by atoms with van der Waals surface area (Å²) >= 11 is 6.57. The fourth-order valence-electron chi connectivity index (χ4n) is 3.50. The highest BCUT2D eigenvalue weighted by Gasteiger charge is 2.19. The molecule has 0 aliphatic rings.